The van der Waals surface area contributed by atoms with Gasteiger partial charge < -0.3 is 33.8 Å². The third-order valence-electron chi connectivity index (χ3n) is 15.7. The van der Waals surface area contributed by atoms with Crippen LogP contribution < -0.4 is 0 Å². The zero-order valence-electron chi connectivity index (χ0n) is 61.4. The molecule has 0 aliphatic carbocycles. The molecule has 0 saturated heterocycles. The maximum Gasteiger partial charge on any atom is 0.472 e. The summed E-state index contributed by atoms with van der Waals surface area (Å²) in [7, 11) is -9.97. The molecule has 0 aromatic rings. The Balaban J connectivity index is 5.39. The number of hydrogen-bond donors (Lipinski definition) is 3. The van der Waals surface area contributed by atoms with Gasteiger partial charge in [-0.25, -0.2) is 9.13 Å². The molecule has 0 spiro atoms. The van der Waals surface area contributed by atoms with Gasteiger partial charge in [0.25, 0.3) is 0 Å². The maximum atomic E-state index is 13.1. The normalized spacial score (nSPS) is 14.6. The lowest BCUT2D eigenvalue weighted by atomic mass is 10.0. The van der Waals surface area contributed by atoms with Crippen LogP contribution in [0.3, 0.4) is 0 Å². The number of aliphatic hydroxyl groups excluding tert-OH is 1. The summed E-state index contributed by atoms with van der Waals surface area (Å²) < 4.78 is 68.4. The SMILES string of the molecule is CC/C=C\C/C=C\C/C=C\C/C=C\C/C=C\CCCC(=O)OCC(COP(=O)(O)OCC(O)COP(=O)(O)OCC(COC(=O)CCCCCCC/C=C\C/C=C\CCCCC)OC(=O)CCCCCCCCCCCCCCC)OC(=O)CCCCCCC/C=C\C/C=C\CCC. The largest absolute Gasteiger partial charge is 0.472 e. The Kier molecular flexibility index (Phi) is 68.0. The van der Waals surface area contributed by atoms with E-state index in [1.807, 2.05) is 12.2 Å². The smallest absolute Gasteiger partial charge is 0.462 e. The standard InChI is InChI=1S/C79H136O17P2/c1-5-9-13-17-21-25-29-33-35-36-38-42-44-48-52-56-60-64-77(82)90-70-75(96-79(84)66-62-58-54-50-46-40-32-28-24-20-16-12-8-4)72-94-98(87,88)92-68-73(80)67-91-97(85,86)93-71-74(95-78(83)65-61-57-53-49-45-39-31-27-23-19-15-11-7-3)69-89-76(81)63-59-55-51-47-43-41-37-34-30-26-22-18-14-10-6-2/h9,13,16,20-22,25-26,28,32-35,37-38,42,48,52,73-75,80H,5-8,10-12,14-15,17-19,23-24,27,29-31,36,39-41,43-47,49-51,53-72H2,1-4H3,(H,85,86)(H,87,88)/b13-9-,20-16-,25-21-,26-22-,32-28-,35-33-,37-34-,42-38-,52-48-. The monoisotopic (exact) mass is 1420 g/mol. The van der Waals surface area contributed by atoms with Gasteiger partial charge in [-0.05, 0) is 122 Å². The molecule has 0 rings (SSSR count). The fourth-order valence-corrected chi connectivity index (χ4v) is 11.5. The van der Waals surface area contributed by atoms with Crippen LogP contribution in [0.15, 0.2) is 109 Å². The van der Waals surface area contributed by atoms with Crippen LogP contribution in [-0.2, 0) is 65.4 Å². The van der Waals surface area contributed by atoms with E-state index in [0.29, 0.717) is 32.1 Å². The number of rotatable bonds is 71. The van der Waals surface area contributed by atoms with E-state index in [-0.39, 0.29) is 25.7 Å². The van der Waals surface area contributed by atoms with Crippen LogP contribution in [0, 0.1) is 0 Å². The van der Waals surface area contributed by atoms with Crippen molar-refractivity contribution in [2.45, 2.75) is 329 Å². The summed E-state index contributed by atoms with van der Waals surface area (Å²) in [6.07, 6.45) is 75.1. The minimum absolute atomic E-state index is 0.0651. The Morgan fingerprint density at radius 1 is 0.296 bits per heavy atom. The molecule has 0 bridgehead atoms. The molecule has 98 heavy (non-hydrogen) atoms. The molecule has 564 valence electrons. The van der Waals surface area contributed by atoms with Crippen LogP contribution in [-0.4, -0.2) is 96.7 Å². The highest BCUT2D eigenvalue weighted by molar-refractivity contribution is 7.47. The lowest BCUT2D eigenvalue weighted by Gasteiger charge is -2.21. The summed E-state index contributed by atoms with van der Waals surface area (Å²) in [6, 6.07) is 0. The van der Waals surface area contributed by atoms with Gasteiger partial charge in [0, 0.05) is 25.7 Å². The highest BCUT2D eigenvalue weighted by Crippen LogP contribution is 2.45. The van der Waals surface area contributed by atoms with Gasteiger partial charge in [0.2, 0.25) is 0 Å². The fraction of sp³-hybridized carbons (Fsp3) is 0.722. The van der Waals surface area contributed by atoms with Crippen LogP contribution in [0.1, 0.15) is 310 Å². The maximum absolute atomic E-state index is 13.1. The average Bonchev–Trinajstić information content (AvgIpc) is 0.969. The van der Waals surface area contributed by atoms with Crippen LogP contribution >= 0.6 is 15.6 Å². The highest BCUT2D eigenvalue weighted by atomic mass is 31.2. The van der Waals surface area contributed by atoms with E-state index in [1.54, 1.807) is 0 Å². The molecule has 0 aromatic carbocycles. The number of hydrogen-bond acceptors (Lipinski definition) is 15. The molecule has 0 amide bonds. The van der Waals surface area contributed by atoms with Crippen molar-refractivity contribution in [1.29, 1.82) is 0 Å². The highest BCUT2D eigenvalue weighted by Gasteiger charge is 2.30. The van der Waals surface area contributed by atoms with Crippen molar-refractivity contribution < 1.29 is 80.2 Å². The molecule has 0 radical (unpaired) electrons. The first-order valence-corrected chi connectivity index (χ1v) is 41.1. The number of unbranched alkanes of at least 4 members (excludes halogenated alkanes) is 27. The summed E-state index contributed by atoms with van der Waals surface area (Å²) in [5.74, 6) is -2.26. The van der Waals surface area contributed by atoms with E-state index in [1.165, 1.54) is 70.6 Å². The molecule has 0 aliphatic heterocycles. The minimum Gasteiger partial charge on any atom is -0.462 e. The van der Waals surface area contributed by atoms with Crippen molar-refractivity contribution in [3.05, 3.63) is 109 Å². The number of phosphoric acid groups is 2. The number of allylic oxidation sites excluding steroid dienone is 18. The van der Waals surface area contributed by atoms with E-state index in [4.69, 9.17) is 37.0 Å². The molecule has 0 saturated carbocycles. The summed E-state index contributed by atoms with van der Waals surface area (Å²) >= 11 is 0. The van der Waals surface area contributed by atoms with E-state index < -0.39 is 97.5 Å². The number of carbonyl (C=O) groups excluding carboxylic acids is 4. The molecule has 0 aliphatic rings. The van der Waals surface area contributed by atoms with Gasteiger partial charge in [0.1, 0.15) is 19.3 Å². The van der Waals surface area contributed by atoms with Crippen molar-refractivity contribution >= 4 is 39.5 Å². The Bertz CT molecular complexity index is 2290. The quantitative estimate of drug-likeness (QED) is 0.0169. The van der Waals surface area contributed by atoms with Gasteiger partial charge in [0.15, 0.2) is 12.2 Å². The van der Waals surface area contributed by atoms with Gasteiger partial charge in [-0.1, -0.05) is 272 Å². The Labute approximate surface area is 594 Å². The van der Waals surface area contributed by atoms with Gasteiger partial charge >= 0.3 is 39.5 Å². The molecule has 17 nitrogen and oxygen atoms in total. The molecular weight excluding hydrogens is 1280 g/mol. The average molecular weight is 1420 g/mol. The lowest BCUT2D eigenvalue weighted by molar-refractivity contribution is -0.161. The van der Waals surface area contributed by atoms with Gasteiger partial charge in [-0.15, -0.1) is 0 Å². The summed E-state index contributed by atoms with van der Waals surface area (Å²) in [5.41, 5.74) is 0. The molecule has 5 atom stereocenters. The molecule has 0 heterocycles. The number of ether oxygens (including phenoxy) is 4. The van der Waals surface area contributed by atoms with Crippen LogP contribution in [0.2, 0.25) is 0 Å². The molecule has 3 N–H and O–H groups in total. The Morgan fingerprint density at radius 3 is 0.918 bits per heavy atom. The van der Waals surface area contributed by atoms with Crippen molar-refractivity contribution in [2.24, 2.45) is 0 Å². The summed E-state index contributed by atoms with van der Waals surface area (Å²) in [6.45, 7) is 4.58. The lowest BCUT2D eigenvalue weighted by Crippen LogP contribution is -2.30. The van der Waals surface area contributed by atoms with Crippen LogP contribution in [0.4, 0.5) is 0 Å². The van der Waals surface area contributed by atoms with E-state index in [0.717, 1.165) is 154 Å². The number of aliphatic hydroxyl groups is 1. The number of carbonyl (C=O) groups is 4. The number of esters is 4. The molecule has 5 unspecified atom stereocenters. The van der Waals surface area contributed by atoms with Crippen molar-refractivity contribution in [2.75, 3.05) is 39.6 Å². The topological polar surface area (TPSA) is 237 Å². The third-order valence-corrected chi connectivity index (χ3v) is 17.6. The van der Waals surface area contributed by atoms with Gasteiger partial charge in [0.05, 0.1) is 26.4 Å². The van der Waals surface area contributed by atoms with E-state index in [2.05, 4.69) is 125 Å². The van der Waals surface area contributed by atoms with Gasteiger partial charge in [-0.3, -0.25) is 37.3 Å². The molecule has 0 aromatic heterocycles. The van der Waals surface area contributed by atoms with Crippen molar-refractivity contribution in [1.82, 2.24) is 0 Å². The first-order valence-electron chi connectivity index (χ1n) is 38.1. The Morgan fingerprint density at radius 2 is 0.561 bits per heavy atom. The molecule has 0 fully saturated rings. The molecular formula is C79H136O17P2. The van der Waals surface area contributed by atoms with Gasteiger partial charge in [-0.2, -0.15) is 0 Å². The zero-order chi connectivity index (χ0) is 71.8. The van der Waals surface area contributed by atoms with Crippen molar-refractivity contribution in [3.8, 4) is 0 Å². The third kappa shape index (κ3) is 70.2. The minimum atomic E-state index is -4.99. The second kappa shape index (κ2) is 71.1. The van der Waals surface area contributed by atoms with E-state index >= 15 is 0 Å². The zero-order valence-corrected chi connectivity index (χ0v) is 63.2. The van der Waals surface area contributed by atoms with Crippen molar-refractivity contribution in [3.63, 3.8) is 0 Å². The summed E-state index contributed by atoms with van der Waals surface area (Å²) in [5, 5.41) is 10.6. The predicted octanol–water partition coefficient (Wildman–Crippen LogP) is 21.8. The second-order valence-electron chi connectivity index (χ2n) is 25.2. The number of phosphoric ester groups is 2. The van der Waals surface area contributed by atoms with E-state index in [9.17, 15) is 43.2 Å². The Hall–Kier alpha value is -4.28. The van der Waals surface area contributed by atoms with Crippen LogP contribution in [0.5, 0.6) is 0 Å². The fourth-order valence-electron chi connectivity index (χ4n) is 9.91. The molecule has 19 heteroatoms. The predicted molar refractivity (Wildman–Crippen MR) is 399 cm³/mol. The van der Waals surface area contributed by atoms with Crippen LogP contribution in [0.25, 0.3) is 0 Å². The first kappa shape index (κ1) is 93.7. The summed E-state index contributed by atoms with van der Waals surface area (Å²) in [4.78, 5) is 72.8. The first-order chi connectivity index (χ1) is 47.7. The second-order valence-corrected chi connectivity index (χ2v) is 28.1.